The number of amides is 1. The van der Waals surface area contributed by atoms with E-state index in [9.17, 15) is 14.4 Å². The van der Waals surface area contributed by atoms with Crippen molar-refractivity contribution in [2.75, 3.05) is 20.1 Å². The van der Waals surface area contributed by atoms with E-state index in [0.717, 1.165) is 29.6 Å². The molecule has 0 radical (unpaired) electrons. The largest absolute Gasteiger partial charge is 0.361 e. The highest BCUT2D eigenvalue weighted by Gasteiger charge is 2.53. The van der Waals surface area contributed by atoms with Crippen LogP contribution in [0.25, 0.3) is 10.9 Å². The summed E-state index contributed by atoms with van der Waals surface area (Å²) in [6, 6.07) is 9.26. The highest BCUT2D eigenvalue weighted by Crippen LogP contribution is 2.51. The van der Waals surface area contributed by atoms with Crippen LogP contribution in [0, 0.1) is 17.8 Å². The Morgan fingerprint density at radius 2 is 2.00 bits per heavy atom. The molecule has 1 saturated heterocycles. The molecule has 7 heteroatoms. The number of nitrogens with one attached hydrogen (secondary N) is 3. The number of pyridine rings is 1. The predicted molar refractivity (Wildman–Crippen MR) is 114 cm³/mol. The van der Waals surface area contributed by atoms with Gasteiger partial charge >= 0.3 is 0 Å². The normalized spacial score (nSPS) is 22.1. The number of aromatic nitrogens is 2. The third kappa shape index (κ3) is 3.15. The maximum absolute atomic E-state index is 13.0. The first-order chi connectivity index (χ1) is 14.6. The van der Waals surface area contributed by atoms with Crippen LogP contribution in [0.2, 0.25) is 0 Å². The molecule has 7 nitrogen and oxygen atoms in total. The topological polar surface area (TPSA) is 96.0 Å². The van der Waals surface area contributed by atoms with E-state index in [1.165, 1.54) is 17.7 Å². The van der Waals surface area contributed by atoms with E-state index in [2.05, 4.69) is 15.6 Å². The number of H-pyrrole nitrogens is 1. The van der Waals surface area contributed by atoms with E-state index in [1.54, 1.807) is 6.20 Å². The number of hydrogen-bond donors (Lipinski definition) is 3. The maximum atomic E-state index is 13.0. The van der Waals surface area contributed by atoms with Crippen LogP contribution in [0.15, 0.2) is 47.5 Å². The number of nitrogens with zero attached hydrogens (tertiary/aromatic N) is 1. The molecule has 1 aliphatic carbocycles. The third-order valence-electron chi connectivity index (χ3n) is 6.60. The minimum atomic E-state index is -0.476. The van der Waals surface area contributed by atoms with Crippen molar-refractivity contribution in [1.82, 2.24) is 20.2 Å². The summed E-state index contributed by atoms with van der Waals surface area (Å²) in [7, 11) is 1.49. The molecular weight excluding hydrogens is 380 g/mol. The number of piperidine rings is 1. The molecule has 3 aromatic rings. The van der Waals surface area contributed by atoms with Crippen LogP contribution in [0.1, 0.15) is 32.7 Å². The van der Waals surface area contributed by atoms with Crippen LogP contribution in [0.3, 0.4) is 0 Å². The van der Waals surface area contributed by atoms with Crippen LogP contribution in [0.5, 0.6) is 0 Å². The minimum absolute atomic E-state index is 0.00208. The number of fused-ring (bicyclic) bond motifs is 2. The third-order valence-corrected chi connectivity index (χ3v) is 6.60. The second-order valence-electron chi connectivity index (χ2n) is 8.29. The number of benzene rings is 1. The summed E-state index contributed by atoms with van der Waals surface area (Å²) in [5.74, 6) is 1.11. The lowest BCUT2D eigenvalue weighted by molar-refractivity contribution is 0.0961. The molecule has 3 heterocycles. The van der Waals surface area contributed by atoms with Crippen molar-refractivity contribution >= 4 is 22.6 Å². The summed E-state index contributed by atoms with van der Waals surface area (Å²) in [4.78, 5) is 41.5. The summed E-state index contributed by atoms with van der Waals surface area (Å²) < 4.78 is 1.48. The first-order valence-electron chi connectivity index (χ1n) is 10.3. The van der Waals surface area contributed by atoms with Gasteiger partial charge in [-0.3, -0.25) is 14.4 Å². The van der Waals surface area contributed by atoms with Crippen LogP contribution < -0.4 is 16.2 Å². The zero-order valence-electron chi connectivity index (χ0n) is 16.8. The molecule has 5 rings (SSSR count). The molecule has 1 aromatic carbocycles. The van der Waals surface area contributed by atoms with Gasteiger partial charge in [0.1, 0.15) is 5.56 Å². The number of ketones is 1. The zero-order chi connectivity index (χ0) is 20.8. The molecule has 2 aliphatic rings. The SMILES string of the molecule is CNC(=O)c1cc(C(=O)CC2[C@H]3CNC[C@@H]23)cn(Cc2cccc3[nH]ccc23)c1=O. The lowest BCUT2D eigenvalue weighted by Gasteiger charge is -2.12. The molecular formula is C23H24N4O3. The molecule has 1 amide bonds. The van der Waals surface area contributed by atoms with Crippen molar-refractivity contribution in [2.24, 2.45) is 17.8 Å². The summed E-state index contributed by atoms with van der Waals surface area (Å²) in [5, 5.41) is 6.87. The lowest BCUT2D eigenvalue weighted by atomic mass is 10.0. The van der Waals surface area contributed by atoms with Gasteiger partial charge in [-0.25, -0.2) is 0 Å². The Balaban J connectivity index is 1.50. The Labute approximate surface area is 173 Å². The molecule has 0 spiro atoms. The molecule has 154 valence electrons. The van der Waals surface area contributed by atoms with E-state index in [-0.39, 0.29) is 17.9 Å². The van der Waals surface area contributed by atoms with Gasteiger partial charge in [0.25, 0.3) is 11.5 Å². The Morgan fingerprint density at radius 1 is 1.20 bits per heavy atom. The second kappa shape index (κ2) is 7.25. The Kier molecular flexibility index (Phi) is 4.55. The maximum Gasteiger partial charge on any atom is 0.263 e. The van der Waals surface area contributed by atoms with Gasteiger partial charge in [-0.05, 0) is 54.6 Å². The number of Topliss-reactive ketones (excluding diaryl/α,β-unsaturated/α-hetero) is 1. The summed E-state index contributed by atoms with van der Waals surface area (Å²) >= 11 is 0. The van der Waals surface area contributed by atoms with E-state index >= 15 is 0 Å². The fourth-order valence-electron chi connectivity index (χ4n) is 4.86. The Morgan fingerprint density at radius 3 is 2.77 bits per heavy atom. The quantitative estimate of drug-likeness (QED) is 0.546. The molecule has 2 fully saturated rings. The molecule has 0 bridgehead atoms. The van der Waals surface area contributed by atoms with Gasteiger partial charge in [-0.15, -0.1) is 0 Å². The van der Waals surface area contributed by atoms with Gasteiger partial charge in [0.05, 0.1) is 6.54 Å². The second-order valence-corrected chi connectivity index (χ2v) is 8.29. The minimum Gasteiger partial charge on any atom is -0.361 e. The molecule has 2 aromatic heterocycles. The number of rotatable bonds is 6. The molecule has 1 saturated carbocycles. The highest BCUT2D eigenvalue weighted by molar-refractivity contribution is 6.00. The standard InChI is InChI=1S/C23H24N4O3/c1-24-22(29)17-7-14(21(28)8-16-18-9-25-10-19(16)18)12-27(23(17)30)11-13-3-2-4-20-15(13)5-6-26-20/h2-7,12,16,18-19,25-26H,8-11H2,1H3,(H,24,29)/t16?,18-,19+. The smallest absolute Gasteiger partial charge is 0.263 e. The van der Waals surface area contributed by atoms with Gasteiger partial charge in [-0.1, -0.05) is 12.1 Å². The van der Waals surface area contributed by atoms with Crippen LogP contribution in [-0.4, -0.2) is 41.4 Å². The van der Waals surface area contributed by atoms with Gasteiger partial charge in [0, 0.05) is 42.3 Å². The highest BCUT2D eigenvalue weighted by atomic mass is 16.2. The van der Waals surface area contributed by atoms with Crippen molar-refractivity contribution in [3.8, 4) is 0 Å². The van der Waals surface area contributed by atoms with E-state index in [4.69, 9.17) is 0 Å². The van der Waals surface area contributed by atoms with Crippen LogP contribution in [0.4, 0.5) is 0 Å². The molecule has 3 N–H and O–H groups in total. The zero-order valence-corrected chi connectivity index (χ0v) is 16.8. The molecule has 3 atom stereocenters. The van der Waals surface area contributed by atoms with Crippen molar-refractivity contribution in [3.05, 3.63) is 69.8 Å². The van der Waals surface area contributed by atoms with Crippen molar-refractivity contribution < 1.29 is 9.59 Å². The summed E-state index contributed by atoms with van der Waals surface area (Å²) in [6.07, 6.45) is 3.93. The van der Waals surface area contributed by atoms with Gasteiger partial charge in [-0.2, -0.15) is 0 Å². The first kappa shape index (κ1) is 18.8. The summed E-state index contributed by atoms with van der Waals surface area (Å²) in [5.41, 5.74) is 1.96. The summed E-state index contributed by atoms with van der Waals surface area (Å²) in [6.45, 7) is 2.25. The fraction of sp³-hybridized carbons (Fsp3) is 0.348. The van der Waals surface area contributed by atoms with Gasteiger partial charge < -0.3 is 20.2 Å². The average molecular weight is 404 g/mol. The van der Waals surface area contributed by atoms with E-state index in [0.29, 0.717) is 29.7 Å². The van der Waals surface area contributed by atoms with Crippen molar-refractivity contribution in [2.45, 2.75) is 13.0 Å². The number of carbonyl (C=O) groups excluding carboxylic acids is 2. The molecule has 1 unspecified atom stereocenters. The number of carbonyl (C=O) groups is 2. The predicted octanol–water partition coefficient (Wildman–Crippen LogP) is 1.78. The lowest BCUT2D eigenvalue weighted by Crippen LogP contribution is -2.32. The Bertz CT molecular complexity index is 1200. The average Bonchev–Trinajstić information content (AvgIpc) is 3.14. The first-order valence-corrected chi connectivity index (χ1v) is 10.3. The van der Waals surface area contributed by atoms with Crippen molar-refractivity contribution in [3.63, 3.8) is 0 Å². The van der Waals surface area contributed by atoms with Gasteiger partial charge in [0.15, 0.2) is 5.78 Å². The molecule has 1 aliphatic heterocycles. The van der Waals surface area contributed by atoms with E-state index < -0.39 is 11.5 Å². The van der Waals surface area contributed by atoms with Crippen molar-refractivity contribution in [1.29, 1.82) is 0 Å². The Hall–Kier alpha value is -3.19. The van der Waals surface area contributed by atoms with E-state index in [1.807, 2.05) is 30.5 Å². The molecule has 30 heavy (non-hydrogen) atoms. The van der Waals surface area contributed by atoms with Crippen LogP contribution in [-0.2, 0) is 6.54 Å². The van der Waals surface area contributed by atoms with Gasteiger partial charge in [0.2, 0.25) is 0 Å². The fourth-order valence-corrected chi connectivity index (χ4v) is 4.86. The number of aromatic amines is 1. The number of hydrogen-bond acceptors (Lipinski definition) is 4. The van der Waals surface area contributed by atoms with Crippen LogP contribution >= 0.6 is 0 Å². The monoisotopic (exact) mass is 404 g/mol.